The number of nitrogens with one attached hydrogen (secondary N) is 3. The summed E-state index contributed by atoms with van der Waals surface area (Å²) in [6.45, 7) is 0.334. The van der Waals surface area contributed by atoms with Crippen molar-refractivity contribution in [2.24, 2.45) is 5.92 Å². The van der Waals surface area contributed by atoms with Crippen LogP contribution in [0.3, 0.4) is 0 Å². The van der Waals surface area contributed by atoms with Gasteiger partial charge in [0, 0.05) is 30.5 Å². The molecule has 3 aromatic carbocycles. The number of anilines is 1. The molecule has 5 heterocycles. The van der Waals surface area contributed by atoms with Crippen molar-refractivity contribution in [3.8, 4) is 17.6 Å². The maximum Gasteiger partial charge on any atom is 0.330 e. The summed E-state index contributed by atoms with van der Waals surface area (Å²) in [5.41, 5.74) is -0.556. The van der Waals surface area contributed by atoms with E-state index in [9.17, 15) is 29.5 Å². The van der Waals surface area contributed by atoms with Crippen molar-refractivity contribution in [2.45, 2.75) is 82.5 Å². The highest BCUT2D eigenvalue weighted by Gasteiger charge is 2.46. The summed E-state index contributed by atoms with van der Waals surface area (Å²) in [5, 5.41) is 23.3. The Balaban J connectivity index is 1.16. The number of ether oxygens (including phenoxy) is 5. The molecule has 21 nitrogen and oxygen atoms in total. The van der Waals surface area contributed by atoms with Crippen molar-refractivity contribution < 1.29 is 47.2 Å². The summed E-state index contributed by atoms with van der Waals surface area (Å²) in [6.07, 6.45) is -3.30. The SMILES string of the molecule is COc1ccc(C(OC[C@H]2O[C@@H](n3cnc4c(=O)[nH]c(NC(=O)C(C)C)nc43)C[C@@H]2OP(=S)(OCCC#N)OC[C@H]2O[C@@H](n3cc(C)c(=O)[nH]c3=O)C[C@@H]2O)(c2ccccc2)c2ccc(OC)cc2)cc1. The van der Waals surface area contributed by atoms with Gasteiger partial charge in [-0.2, -0.15) is 10.2 Å². The number of imidazole rings is 1. The Labute approximate surface area is 411 Å². The lowest BCUT2D eigenvalue weighted by Crippen LogP contribution is -2.38. The van der Waals surface area contributed by atoms with Crippen LogP contribution in [0.5, 0.6) is 11.5 Å². The largest absolute Gasteiger partial charge is 0.497 e. The predicted octanol–water partition coefficient (Wildman–Crippen LogP) is 5.09. The van der Waals surface area contributed by atoms with Crippen LogP contribution >= 0.6 is 6.72 Å². The molecule has 2 saturated heterocycles. The van der Waals surface area contributed by atoms with Gasteiger partial charge < -0.3 is 42.4 Å². The number of carbonyl (C=O) groups is 1. The Morgan fingerprint density at radius 2 is 1.54 bits per heavy atom. The van der Waals surface area contributed by atoms with Crippen LogP contribution in [-0.4, -0.2) is 98.5 Å². The second kappa shape index (κ2) is 21.9. The third-order valence-corrected chi connectivity index (χ3v) is 14.5. The lowest BCUT2D eigenvalue weighted by molar-refractivity contribution is -0.118. The van der Waals surface area contributed by atoms with Gasteiger partial charge in [0.15, 0.2) is 11.2 Å². The molecule has 0 saturated carbocycles. The highest BCUT2D eigenvalue weighted by atomic mass is 32.5. The summed E-state index contributed by atoms with van der Waals surface area (Å²) in [4.78, 5) is 64.6. The van der Waals surface area contributed by atoms with E-state index in [2.05, 4.69) is 25.3 Å². The van der Waals surface area contributed by atoms with Gasteiger partial charge >= 0.3 is 12.4 Å². The number of nitriles is 1. The topological polar surface area (TPSA) is 265 Å². The van der Waals surface area contributed by atoms with E-state index in [1.165, 1.54) is 24.0 Å². The maximum absolute atomic E-state index is 13.3. The van der Waals surface area contributed by atoms with E-state index in [0.29, 0.717) is 11.5 Å². The van der Waals surface area contributed by atoms with Gasteiger partial charge in [-0.3, -0.25) is 38.8 Å². The van der Waals surface area contributed by atoms with E-state index in [1.54, 1.807) is 32.6 Å². The summed E-state index contributed by atoms with van der Waals surface area (Å²) in [6, 6.07) is 26.6. The fourth-order valence-electron chi connectivity index (χ4n) is 8.34. The molecule has 3 aromatic heterocycles. The van der Waals surface area contributed by atoms with E-state index in [-0.39, 0.29) is 67.7 Å². The number of rotatable bonds is 20. The lowest BCUT2D eigenvalue weighted by atomic mass is 9.80. The van der Waals surface area contributed by atoms with Crippen molar-refractivity contribution >= 4 is 41.5 Å². The fourth-order valence-corrected chi connectivity index (χ4v) is 10.5. The van der Waals surface area contributed by atoms with E-state index >= 15 is 0 Å². The highest BCUT2D eigenvalue weighted by Crippen LogP contribution is 2.55. The third kappa shape index (κ3) is 11.1. The number of aliphatic hydroxyl groups excluding tert-OH is 1. The first kappa shape index (κ1) is 51.0. The minimum Gasteiger partial charge on any atom is -0.497 e. The molecule has 2 aliphatic heterocycles. The van der Waals surface area contributed by atoms with Crippen LogP contribution < -0.4 is 31.6 Å². The molecule has 2 aliphatic rings. The number of fused-ring (bicyclic) bond motifs is 1. The number of aryl methyl sites for hydroxylation is 1. The molecule has 7 atom stereocenters. The Morgan fingerprint density at radius 3 is 2.17 bits per heavy atom. The minimum atomic E-state index is -3.91. The van der Waals surface area contributed by atoms with Crippen LogP contribution in [0, 0.1) is 24.2 Å². The molecule has 0 aliphatic carbocycles. The average molecular weight is 1010 g/mol. The number of carbonyl (C=O) groups excluding carboxylic acids is 1. The van der Waals surface area contributed by atoms with Crippen LogP contribution in [0.4, 0.5) is 5.95 Å². The molecule has 23 heteroatoms. The van der Waals surface area contributed by atoms with Crippen LogP contribution in [0.25, 0.3) is 11.2 Å². The quantitative estimate of drug-likeness (QED) is 0.0441. The van der Waals surface area contributed by atoms with Crippen molar-refractivity contribution in [3.05, 3.63) is 145 Å². The summed E-state index contributed by atoms with van der Waals surface area (Å²) < 4.78 is 53.1. The van der Waals surface area contributed by atoms with Crippen molar-refractivity contribution in [3.63, 3.8) is 0 Å². The second-order valence-corrected chi connectivity index (χ2v) is 20.1. The third-order valence-electron chi connectivity index (χ3n) is 12.1. The number of aromatic amines is 2. The summed E-state index contributed by atoms with van der Waals surface area (Å²) in [7, 11) is 3.16. The molecule has 0 radical (unpaired) electrons. The van der Waals surface area contributed by atoms with E-state index in [4.69, 9.17) is 49.1 Å². The van der Waals surface area contributed by atoms with Crippen LogP contribution in [-0.2, 0) is 50.0 Å². The van der Waals surface area contributed by atoms with Crippen molar-refractivity contribution in [2.75, 3.05) is 39.4 Å². The molecular formula is C48H53N8O13PS. The summed E-state index contributed by atoms with van der Waals surface area (Å²) in [5.74, 6) is 0.383. The smallest absolute Gasteiger partial charge is 0.330 e. The van der Waals surface area contributed by atoms with E-state index in [0.717, 1.165) is 16.7 Å². The van der Waals surface area contributed by atoms with Crippen LogP contribution in [0.2, 0.25) is 0 Å². The number of methoxy groups -OCH3 is 2. The molecule has 0 bridgehead atoms. The van der Waals surface area contributed by atoms with Gasteiger partial charge in [0.05, 0.1) is 65.1 Å². The van der Waals surface area contributed by atoms with Crippen molar-refractivity contribution in [1.82, 2.24) is 29.1 Å². The molecule has 8 rings (SSSR count). The van der Waals surface area contributed by atoms with E-state index < -0.39 is 71.9 Å². The molecule has 1 amide bonds. The van der Waals surface area contributed by atoms with Gasteiger partial charge in [-0.25, -0.2) is 9.78 Å². The molecule has 4 N–H and O–H groups in total. The zero-order valence-corrected chi connectivity index (χ0v) is 41.1. The number of benzene rings is 3. The number of nitrogens with zero attached hydrogens (tertiary/aromatic N) is 5. The maximum atomic E-state index is 13.3. The second-order valence-electron chi connectivity index (χ2n) is 17.1. The zero-order valence-electron chi connectivity index (χ0n) is 39.4. The monoisotopic (exact) mass is 1010 g/mol. The van der Waals surface area contributed by atoms with Gasteiger partial charge in [-0.15, -0.1) is 0 Å². The van der Waals surface area contributed by atoms with Gasteiger partial charge in [0.25, 0.3) is 11.1 Å². The first-order chi connectivity index (χ1) is 34.1. The zero-order chi connectivity index (χ0) is 50.5. The molecule has 374 valence electrons. The molecule has 6 aromatic rings. The van der Waals surface area contributed by atoms with Crippen LogP contribution in [0.15, 0.2) is 106 Å². The Kier molecular flexibility index (Phi) is 15.8. The number of hydrogen-bond donors (Lipinski definition) is 4. The first-order valence-electron chi connectivity index (χ1n) is 22.7. The molecule has 71 heavy (non-hydrogen) atoms. The predicted molar refractivity (Wildman–Crippen MR) is 260 cm³/mol. The first-order valence-corrected chi connectivity index (χ1v) is 25.2. The molecule has 2 fully saturated rings. The Morgan fingerprint density at radius 1 is 0.901 bits per heavy atom. The number of hydrogen-bond acceptors (Lipinski definition) is 17. The molecule has 0 spiro atoms. The average Bonchev–Trinajstić information content (AvgIpc) is 4.09. The lowest BCUT2D eigenvalue weighted by Gasteiger charge is -2.37. The normalized spacial score (nSPS) is 21.0. The Bertz CT molecular complexity index is 3060. The molecular weight excluding hydrogens is 960 g/mol. The summed E-state index contributed by atoms with van der Waals surface area (Å²) >= 11 is 6.06. The molecule has 1 unspecified atom stereocenters. The van der Waals surface area contributed by atoms with E-state index in [1.807, 2.05) is 84.9 Å². The van der Waals surface area contributed by atoms with Gasteiger partial charge in [0.2, 0.25) is 11.9 Å². The Hall–Kier alpha value is -6.38. The number of amides is 1. The fraction of sp³-hybridized carbons (Fsp3) is 0.396. The van der Waals surface area contributed by atoms with Gasteiger partial charge in [-0.05, 0) is 59.7 Å². The number of H-pyrrole nitrogens is 2. The standard InChI is InChI=1S/C48H53N8O13PS/c1-28(2)43(58)52-46-51-42-41(45(60)53-46)50-27-56(42)40-23-36(69-70(71,65-21-9-20-49)66-26-37-35(57)22-39(67-37)55-24-29(3)44(59)54-47(55)61)38(68-40)25-64-48(30-10-7-6-8-11-30,31-12-16-33(62-4)17-13-31)32-14-18-34(63-5)19-15-32/h6-8,10-19,24,27-28,35-40,57H,9,21-23,25-26H2,1-5H3,(H,54,59,61)(H2,51,52,53,58,60)/t35-,36-,37+,38+,39+,40+,70?/m0/s1. The van der Waals surface area contributed by atoms with Gasteiger partial charge in [0.1, 0.15) is 41.8 Å². The minimum absolute atomic E-state index is 0.0137. The number of aliphatic hydroxyl groups is 1. The van der Waals surface area contributed by atoms with Crippen LogP contribution in [0.1, 0.15) is 67.8 Å². The van der Waals surface area contributed by atoms with Crippen molar-refractivity contribution in [1.29, 1.82) is 5.26 Å². The number of aromatic nitrogens is 6. The van der Waals surface area contributed by atoms with Gasteiger partial charge in [-0.1, -0.05) is 68.4 Å². The highest BCUT2D eigenvalue weighted by molar-refractivity contribution is 8.07.